The summed E-state index contributed by atoms with van der Waals surface area (Å²) >= 11 is 0. The quantitative estimate of drug-likeness (QED) is 0.171. The Morgan fingerprint density at radius 3 is 1.36 bits per heavy atom. The minimum Gasteiger partial charge on any atom is -0.234 e. The molecule has 9 rings (SSSR count). The summed E-state index contributed by atoms with van der Waals surface area (Å²) in [7, 11) is 0. The van der Waals surface area contributed by atoms with Crippen LogP contribution in [-0.4, -0.2) is 26.3 Å². The van der Waals surface area contributed by atoms with Crippen LogP contribution in [0.2, 0.25) is 0 Å². The van der Waals surface area contributed by atoms with Gasteiger partial charge in [0.05, 0.1) is 33.8 Å². The number of fused-ring (bicyclic) bond motifs is 8. The third-order valence-electron chi connectivity index (χ3n) is 10.2. The summed E-state index contributed by atoms with van der Waals surface area (Å²) in [6.07, 6.45) is 0. The van der Waals surface area contributed by atoms with E-state index in [1.54, 1.807) is 0 Å². The molecule has 4 nitrogen and oxygen atoms in total. The van der Waals surface area contributed by atoms with E-state index in [4.69, 9.17) is 10.2 Å². The van der Waals surface area contributed by atoms with Gasteiger partial charge in [-0.25, -0.2) is 9.36 Å². The fourth-order valence-electron chi connectivity index (χ4n) is 8.07. The van der Waals surface area contributed by atoms with E-state index in [1.165, 1.54) is 76.7 Å². The molecule has 2 aliphatic rings. The lowest BCUT2D eigenvalue weighted by Crippen LogP contribution is -2.59. The van der Waals surface area contributed by atoms with Gasteiger partial charge < -0.3 is 0 Å². The lowest BCUT2D eigenvalue weighted by molar-refractivity contribution is 0.563. The Balaban J connectivity index is 1.56. The van der Waals surface area contributed by atoms with Crippen molar-refractivity contribution in [1.29, 1.82) is 0 Å². The Kier molecular flexibility index (Phi) is 4.95. The highest BCUT2D eigenvalue weighted by molar-refractivity contribution is 7.00. The Hall–Kier alpha value is -4.38. The number of nitrogens with zero attached hydrogens (tertiary/aromatic N) is 4. The van der Waals surface area contributed by atoms with Gasteiger partial charge in [0.15, 0.2) is 0 Å². The van der Waals surface area contributed by atoms with E-state index in [0.717, 1.165) is 11.4 Å². The highest BCUT2D eigenvalue weighted by Crippen LogP contribution is 2.42. The number of hydrogen-bond donors (Lipinski definition) is 0. The van der Waals surface area contributed by atoms with Gasteiger partial charge in [0, 0.05) is 21.6 Å². The first-order valence-electron chi connectivity index (χ1n) is 16.3. The second-order valence-corrected chi connectivity index (χ2v) is 16.5. The monoisotopic (exact) mass is 586 g/mol. The van der Waals surface area contributed by atoms with Gasteiger partial charge in [0.1, 0.15) is 0 Å². The van der Waals surface area contributed by atoms with Crippen molar-refractivity contribution in [2.45, 2.75) is 78.6 Å². The van der Waals surface area contributed by atoms with Gasteiger partial charge in [-0.2, -0.15) is 10.2 Å². The summed E-state index contributed by atoms with van der Waals surface area (Å²) in [4.78, 5) is 0. The molecule has 0 fully saturated rings. The molecule has 0 atom stereocenters. The van der Waals surface area contributed by atoms with Gasteiger partial charge in [-0.15, -0.1) is 0 Å². The van der Waals surface area contributed by atoms with Gasteiger partial charge in [0.25, 0.3) is 6.71 Å². The number of aromatic nitrogens is 4. The molecule has 0 spiro atoms. The highest BCUT2D eigenvalue weighted by atomic mass is 15.3. The molecule has 0 amide bonds. The summed E-state index contributed by atoms with van der Waals surface area (Å²) in [5, 5.41) is 18.7. The summed E-state index contributed by atoms with van der Waals surface area (Å²) < 4.78 is 4.58. The van der Waals surface area contributed by atoms with Crippen LogP contribution in [0.15, 0.2) is 72.8 Å². The van der Waals surface area contributed by atoms with Crippen molar-refractivity contribution >= 4 is 66.5 Å². The van der Waals surface area contributed by atoms with Crippen LogP contribution in [0.1, 0.15) is 79.3 Å². The molecule has 45 heavy (non-hydrogen) atoms. The van der Waals surface area contributed by atoms with Gasteiger partial charge in [-0.1, -0.05) is 123 Å². The maximum atomic E-state index is 5.53. The molecule has 0 unspecified atom stereocenters. The average molecular weight is 587 g/mol. The minimum absolute atomic E-state index is 0.0490. The largest absolute Gasteiger partial charge is 0.252 e. The van der Waals surface area contributed by atoms with E-state index < -0.39 is 0 Å². The van der Waals surface area contributed by atoms with Crippen LogP contribution in [0.4, 0.5) is 0 Å². The first kappa shape index (κ1) is 27.0. The van der Waals surface area contributed by atoms with Crippen LogP contribution in [0.25, 0.3) is 54.7 Å². The third-order valence-corrected chi connectivity index (χ3v) is 10.2. The van der Waals surface area contributed by atoms with E-state index in [2.05, 4.69) is 144 Å². The van der Waals surface area contributed by atoms with Gasteiger partial charge in [-0.05, 0) is 61.0 Å². The predicted molar refractivity (Wildman–Crippen MR) is 191 cm³/mol. The number of rotatable bonds is 0. The molecular formula is C40H39BN4. The van der Waals surface area contributed by atoms with Crippen LogP contribution < -0.4 is 16.4 Å². The first-order valence-corrected chi connectivity index (χ1v) is 16.3. The molecule has 4 heterocycles. The Morgan fingerprint density at radius 1 is 0.533 bits per heavy atom. The van der Waals surface area contributed by atoms with Crippen LogP contribution in [-0.2, 0) is 16.2 Å². The minimum atomic E-state index is -0.125. The predicted octanol–water partition coefficient (Wildman–Crippen LogP) is 7.71. The first-order chi connectivity index (χ1) is 21.2. The fraction of sp³-hybridized carbons (Fsp3) is 0.300. The van der Waals surface area contributed by atoms with Crippen molar-refractivity contribution in [1.82, 2.24) is 19.6 Å². The van der Waals surface area contributed by atoms with Crippen LogP contribution in [0.3, 0.4) is 0 Å². The Bertz CT molecular complexity index is 2280. The smallest absolute Gasteiger partial charge is 0.234 e. The van der Waals surface area contributed by atoms with Crippen molar-refractivity contribution in [2.75, 3.05) is 0 Å². The van der Waals surface area contributed by atoms with Crippen LogP contribution in [0, 0.1) is 0 Å². The lowest BCUT2D eigenvalue weighted by Gasteiger charge is -2.34. The van der Waals surface area contributed by atoms with E-state index in [0.29, 0.717) is 0 Å². The van der Waals surface area contributed by atoms with E-state index in [9.17, 15) is 0 Å². The van der Waals surface area contributed by atoms with Crippen molar-refractivity contribution in [3.05, 3.63) is 89.7 Å². The van der Waals surface area contributed by atoms with Gasteiger partial charge in [0.2, 0.25) is 0 Å². The second kappa shape index (κ2) is 8.25. The van der Waals surface area contributed by atoms with Crippen molar-refractivity contribution in [2.24, 2.45) is 0 Å². The Morgan fingerprint density at radius 2 is 0.956 bits per heavy atom. The van der Waals surface area contributed by atoms with E-state index in [-0.39, 0.29) is 23.0 Å². The molecule has 0 saturated heterocycles. The van der Waals surface area contributed by atoms with Crippen molar-refractivity contribution < 1.29 is 0 Å². The van der Waals surface area contributed by atoms with Crippen molar-refractivity contribution in [3.63, 3.8) is 0 Å². The molecule has 2 aliphatic heterocycles. The Labute approximate surface area is 265 Å². The van der Waals surface area contributed by atoms with Crippen LogP contribution >= 0.6 is 0 Å². The summed E-state index contributed by atoms with van der Waals surface area (Å²) in [6, 6.07) is 27.5. The van der Waals surface area contributed by atoms with E-state index in [1.807, 2.05) is 0 Å². The number of benzene rings is 5. The average Bonchev–Trinajstić information content (AvgIpc) is 3.58. The highest BCUT2D eigenvalue weighted by Gasteiger charge is 2.44. The maximum Gasteiger partial charge on any atom is 0.252 e. The van der Waals surface area contributed by atoms with Crippen LogP contribution in [0.5, 0.6) is 0 Å². The normalized spacial score (nSPS) is 14.3. The van der Waals surface area contributed by atoms with E-state index >= 15 is 0 Å². The molecule has 5 aromatic carbocycles. The zero-order valence-electron chi connectivity index (χ0n) is 27.8. The maximum absolute atomic E-state index is 5.53. The molecule has 0 bridgehead atoms. The summed E-state index contributed by atoms with van der Waals surface area (Å²) in [5.74, 6) is 0. The lowest BCUT2D eigenvalue weighted by atomic mass is 9.34. The molecular weight excluding hydrogens is 547 g/mol. The molecule has 0 N–H and O–H groups in total. The van der Waals surface area contributed by atoms with Gasteiger partial charge >= 0.3 is 0 Å². The zero-order chi connectivity index (χ0) is 31.4. The molecule has 222 valence electrons. The third kappa shape index (κ3) is 3.44. The summed E-state index contributed by atoms with van der Waals surface area (Å²) in [6.45, 7) is 20.8. The SMILES string of the molecule is CC(C)(C)c1cc2c3c(c1)-n1nc(C(C)(C)C)c4c5ccccc5cc(c41)B3c1cc3ccccc3c3c(C(C)(C)C)nn-2c13. The number of hydrogen-bond acceptors (Lipinski definition) is 2. The second-order valence-electron chi connectivity index (χ2n) is 16.5. The molecule has 2 aromatic heterocycles. The molecule has 0 radical (unpaired) electrons. The van der Waals surface area contributed by atoms with Gasteiger partial charge in [-0.3, -0.25) is 0 Å². The molecule has 7 aromatic rings. The molecule has 5 heteroatoms. The standard InChI is InChI=1S/C40H39BN4/c1-38(2,3)24-20-29-33-30(21-24)45-35-28(19-23-15-11-13-17-26(23)32(35)37(43-45)40(7,8)9)41(33)27-18-22-14-10-12-16-25(22)31-34(27)44(29)42-36(31)39(4,5)6/h10-21H,1-9H3. The molecule has 0 aliphatic carbocycles. The molecule has 0 saturated carbocycles. The summed E-state index contributed by atoms with van der Waals surface area (Å²) in [5.41, 5.74) is 12.2. The fourth-order valence-corrected chi connectivity index (χ4v) is 8.07. The zero-order valence-corrected chi connectivity index (χ0v) is 27.8. The topological polar surface area (TPSA) is 35.6 Å². The van der Waals surface area contributed by atoms with Crippen molar-refractivity contribution in [3.8, 4) is 11.4 Å².